The van der Waals surface area contributed by atoms with E-state index < -0.39 is 0 Å². The summed E-state index contributed by atoms with van der Waals surface area (Å²) in [5, 5.41) is 4.97. The predicted octanol–water partition coefficient (Wildman–Crippen LogP) is 14.5. The average molecular weight is 713 g/mol. The molecule has 0 aliphatic rings. The van der Waals surface area contributed by atoms with E-state index in [0.29, 0.717) is 0 Å². The average Bonchev–Trinajstić information content (AvgIpc) is 3.79. The van der Waals surface area contributed by atoms with Crippen LogP contribution in [0.3, 0.4) is 0 Å². The van der Waals surface area contributed by atoms with E-state index in [1.165, 1.54) is 93.8 Å². The summed E-state index contributed by atoms with van der Waals surface area (Å²) in [5.41, 5.74) is 16.7. The van der Waals surface area contributed by atoms with E-state index in [0.717, 1.165) is 5.69 Å². The van der Waals surface area contributed by atoms with Gasteiger partial charge in [-0.3, -0.25) is 0 Å². The van der Waals surface area contributed by atoms with E-state index in [-0.39, 0.29) is 0 Å². The molecule has 9 aromatic carbocycles. The van der Waals surface area contributed by atoms with Crippen LogP contribution in [0.15, 0.2) is 218 Å². The van der Waals surface area contributed by atoms with Gasteiger partial charge in [0.2, 0.25) is 0 Å². The van der Waals surface area contributed by atoms with Crippen molar-refractivity contribution in [1.29, 1.82) is 0 Å². The van der Waals surface area contributed by atoms with E-state index in [1.54, 1.807) is 0 Å². The van der Waals surface area contributed by atoms with Crippen LogP contribution in [0.25, 0.3) is 99.5 Å². The van der Waals surface area contributed by atoms with E-state index in [9.17, 15) is 0 Å². The molecule has 11 rings (SSSR count). The van der Waals surface area contributed by atoms with Crippen LogP contribution in [0.2, 0.25) is 0 Å². The maximum absolute atomic E-state index is 2.50. The summed E-state index contributed by atoms with van der Waals surface area (Å²) in [4.78, 5) is 0. The minimum Gasteiger partial charge on any atom is -0.309 e. The summed E-state index contributed by atoms with van der Waals surface area (Å²) in [6, 6.07) is 79.4. The lowest BCUT2D eigenvalue weighted by molar-refractivity contribution is 1.17. The third kappa shape index (κ3) is 5.11. The first-order valence-electron chi connectivity index (χ1n) is 19.3. The molecule has 262 valence electrons. The number of aromatic nitrogens is 2. The number of benzene rings is 9. The summed E-state index contributed by atoms with van der Waals surface area (Å²) < 4.78 is 4.95. The Bertz CT molecular complexity index is 3220. The number of fused-ring (bicyclic) bond motifs is 6. The third-order valence-electron chi connectivity index (χ3n) is 11.3. The number of rotatable bonds is 6. The minimum atomic E-state index is 1.14. The molecule has 0 fully saturated rings. The second-order valence-electron chi connectivity index (χ2n) is 14.5. The lowest BCUT2D eigenvalue weighted by atomic mass is 9.93. The fraction of sp³-hybridized carbons (Fsp3) is 0. The van der Waals surface area contributed by atoms with E-state index in [1.807, 2.05) is 0 Å². The molecule has 0 aliphatic heterocycles. The maximum Gasteiger partial charge on any atom is 0.0618 e. The van der Waals surface area contributed by atoms with Crippen molar-refractivity contribution in [2.45, 2.75) is 0 Å². The van der Waals surface area contributed by atoms with Crippen molar-refractivity contribution in [1.82, 2.24) is 9.13 Å². The molecular weight excluding hydrogens is 677 g/mol. The molecule has 0 bridgehead atoms. The molecule has 0 aliphatic carbocycles. The molecule has 0 spiro atoms. The standard InChI is InChI=1S/C54H36N2/c1-4-17-37(18-5-1)40-23-14-24-41(35-40)45-29-15-28-44(39-21-8-3-9-22-39)54(45)56-49-30-12-10-25-46(49)48-36-42(33-34-51(48)56)55-50-31-13-11-26-47(50)53-43(27-16-32-52(53)55)38-19-6-2-7-20-38/h1-36H. The Hall–Kier alpha value is -7.42. The second-order valence-corrected chi connectivity index (χ2v) is 14.5. The topological polar surface area (TPSA) is 9.86 Å². The highest BCUT2D eigenvalue weighted by Gasteiger charge is 2.22. The van der Waals surface area contributed by atoms with Gasteiger partial charge in [0, 0.05) is 38.4 Å². The predicted molar refractivity (Wildman–Crippen MR) is 237 cm³/mol. The summed E-state index contributed by atoms with van der Waals surface area (Å²) >= 11 is 0. The van der Waals surface area contributed by atoms with Crippen LogP contribution in [0.4, 0.5) is 0 Å². The van der Waals surface area contributed by atoms with Gasteiger partial charge in [0.1, 0.15) is 0 Å². The molecule has 2 heterocycles. The number of nitrogens with zero attached hydrogens (tertiary/aromatic N) is 2. The van der Waals surface area contributed by atoms with Gasteiger partial charge >= 0.3 is 0 Å². The molecule has 56 heavy (non-hydrogen) atoms. The van der Waals surface area contributed by atoms with E-state index in [2.05, 4.69) is 228 Å². The first kappa shape index (κ1) is 32.0. The van der Waals surface area contributed by atoms with Crippen LogP contribution in [0, 0.1) is 0 Å². The van der Waals surface area contributed by atoms with Gasteiger partial charge in [0.05, 0.1) is 27.8 Å². The molecule has 0 saturated carbocycles. The first-order chi connectivity index (χ1) is 27.8. The molecule has 11 aromatic rings. The van der Waals surface area contributed by atoms with Crippen molar-refractivity contribution >= 4 is 43.6 Å². The third-order valence-corrected chi connectivity index (χ3v) is 11.3. The van der Waals surface area contributed by atoms with Crippen LogP contribution in [0.5, 0.6) is 0 Å². The lowest BCUT2D eigenvalue weighted by Gasteiger charge is -2.19. The fourth-order valence-corrected chi connectivity index (χ4v) is 8.86. The van der Waals surface area contributed by atoms with Crippen LogP contribution in [-0.4, -0.2) is 9.13 Å². The summed E-state index contributed by atoms with van der Waals surface area (Å²) in [7, 11) is 0. The summed E-state index contributed by atoms with van der Waals surface area (Å²) in [5.74, 6) is 0. The molecule has 2 heteroatoms. The van der Waals surface area contributed by atoms with Crippen molar-refractivity contribution in [2.24, 2.45) is 0 Å². The zero-order chi connectivity index (χ0) is 37.0. The van der Waals surface area contributed by atoms with Gasteiger partial charge in [-0.05, 0) is 75.8 Å². The van der Waals surface area contributed by atoms with Gasteiger partial charge in [0.15, 0.2) is 0 Å². The van der Waals surface area contributed by atoms with E-state index >= 15 is 0 Å². The SMILES string of the molecule is c1ccc(-c2cccc(-c3cccc(-c4ccccc4)c3-n3c4ccccc4c4cc(-n5c6ccccc6c6c(-c7ccccc7)cccc65)ccc43)c2)cc1. The lowest BCUT2D eigenvalue weighted by Crippen LogP contribution is -2.01. The highest BCUT2D eigenvalue weighted by Crippen LogP contribution is 2.44. The van der Waals surface area contributed by atoms with Crippen molar-refractivity contribution < 1.29 is 0 Å². The summed E-state index contributed by atoms with van der Waals surface area (Å²) in [6.07, 6.45) is 0. The van der Waals surface area contributed by atoms with Gasteiger partial charge < -0.3 is 9.13 Å². The Labute approximate surface area is 325 Å². The Balaban J connectivity index is 1.19. The molecule has 0 saturated heterocycles. The molecule has 0 atom stereocenters. The van der Waals surface area contributed by atoms with E-state index in [4.69, 9.17) is 0 Å². The Morgan fingerprint density at radius 3 is 1.46 bits per heavy atom. The van der Waals surface area contributed by atoms with Gasteiger partial charge in [-0.15, -0.1) is 0 Å². The zero-order valence-corrected chi connectivity index (χ0v) is 30.7. The Kier molecular flexibility index (Phi) is 7.53. The molecule has 2 nitrogen and oxygen atoms in total. The maximum atomic E-state index is 2.50. The van der Waals surface area contributed by atoms with Crippen molar-refractivity contribution in [3.63, 3.8) is 0 Å². The molecule has 2 aromatic heterocycles. The highest BCUT2D eigenvalue weighted by atomic mass is 15.0. The number of para-hydroxylation sites is 3. The molecule has 0 radical (unpaired) electrons. The highest BCUT2D eigenvalue weighted by molar-refractivity contribution is 6.16. The number of hydrogen-bond donors (Lipinski definition) is 0. The molecule has 0 amide bonds. The zero-order valence-electron chi connectivity index (χ0n) is 30.7. The monoisotopic (exact) mass is 712 g/mol. The van der Waals surface area contributed by atoms with Gasteiger partial charge in [-0.25, -0.2) is 0 Å². The molecule has 0 N–H and O–H groups in total. The molecule has 0 unspecified atom stereocenters. The smallest absolute Gasteiger partial charge is 0.0618 e. The van der Waals surface area contributed by atoms with Crippen LogP contribution < -0.4 is 0 Å². The van der Waals surface area contributed by atoms with Crippen LogP contribution in [-0.2, 0) is 0 Å². The second kappa shape index (κ2) is 13.2. The quantitative estimate of drug-likeness (QED) is 0.162. The van der Waals surface area contributed by atoms with Crippen LogP contribution >= 0.6 is 0 Å². The Morgan fingerprint density at radius 2 is 0.732 bits per heavy atom. The van der Waals surface area contributed by atoms with Crippen LogP contribution in [0.1, 0.15) is 0 Å². The largest absolute Gasteiger partial charge is 0.309 e. The van der Waals surface area contributed by atoms with Gasteiger partial charge in [-0.1, -0.05) is 176 Å². The summed E-state index contributed by atoms with van der Waals surface area (Å²) in [6.45, 7) is 0. The molecular formula is C54H36N2. The normalized spacial score (nSPS) is 11.6. The minimum absolute atomic E-state index is 1.14. The van der Waals surface area contributed by atoms with Crippen molar-refractivity contribution in [2.75, 3.05) is 0 Å². The first-order valence-corrected chi connectivity index (χ1v) is 19.3. The van der Waals surface area contributed by atoms with Gasteiger partial charge in [-0.2, -0.15) is 0 Å². The Morgan fingerprint density at radius 1 is 0.250 bits per heavy atom. The fourth-order valence-electron chi connectivity index (χ4n) is 8.86. The van der Waals surface area contributed by atoms with Crippen molar-refractivity contribution in [3.8, 4) is 55.9 Å². The number of hydrogen-bond acceptors (Lipinski definition) is 0. The van der Waals surface area contributed by atoms with Gasteiger partial charge in [0.25, 0.3) is 0 Å². The van der Waals surface area contributed by atoms with Crippen molar-refractivity contribution in [3.05, 3.63) is 218 Å².